The Morgan fingerprint density at radius 3 is 2.63 bits per heavy atom. The number of hydrogen-bond donors (Lipinski definition) is 2. The maximum atomic E-state index is 12.7. The van der Waals surface area contributed by atoms with Crippen LogP contribution in [0.3, 0.4) is 0 Å². The van der Waals surface area contributed by atoms with Gasteiger partial charge in [0.1, 0.15) is 11.4 Å². The zero-order chi connectivity index (χ0) is 21.7. The lowest BCUT2D eigenvalue weighted by molar-refractivity contribution is -0.384. The molecule has 10 heteroatoms. The molecule has 0 bridgehead atoms. The summed E-state index contributed by atoms with van der Waals surface area (Å²) in [6.07, 6.45) is 0. The van der Waals surface area contributed by atoms with Gasteiger partial charge in [-0.2, -0.15) is 0 Å². The van der Waals surface area contributed by atoms with E-state index in [4.69, 9.17) is 9.84 Å². The Labute approximate surface area is 176 Å². The van der Waals surface area contributed by atoms with Gasteiger partial charge in [-0.1, -0.05) is 30.0 Å². The number of benzene rings is 2. The van der Waals surface area contributed by atoms with E-state index < -0.39 is 16.8 Å². The number of anilines is 1. The molecule has 2 aromatic carbocycles. The number of nitro benzene ring substituents is 1. The highest BCUT2D eigenvalue weighted by atomic mass is 32.2. The third kappa shape index (κ3) is 4.61. The summed E-state index contributed by atoms with van der Waals surface area (Å²) in [6, 6.07) is 14.0. The van der Waals surface area contributed by atoms with Crippen LogP contribution in [0.1, 0.15) is 0 Å². The van der Waals surface area contributed by atoms with Gasteiger partial charge in [0.25, 0.3) is 11.6 Å². The Balaban J connectivity index is 1.98. The molecule has 0 radical (unpaired) electrons. The van der Waals surface area contributed by atoms with Crippen molar-refractivity contribution in [2.45, 2.75) is 9.79 Å². The molecule has 2 aromatic rings. The third-order valence-corrected chi connectivity index (χ3v) is 5.35. The first-order valence-corrected chi connectivity index (χ1v) is 9.76. The number of carbonyl (C=O) groups excluding carboxylic acids is 2. The second-order valence-corrected chi connectivity index (χ2v) is 7.42. The molecule has 0 fully saturated rings. The van der Waals surface area contributed by atoms with Gasteiger partial charge in [-0.05, 0) is 24.3 Å². The van der Waals surface area contributed by atoms with Gasteiger partial charge in [0.15, 0.2) is 0 Å². The lowest BCUT2D eigenvalue weighted by Crippen LogP contribution is -2.31. The summed E-state index contributed by atoms with van der Waals surface area (Å²) in [5, 5.41) is 23.4. The minimum atomic E-state index is -0.719. The molecule has 3 rings (SSSR count). The van der Waals surface area contributed by atoms with Crippen molar-refractivity contribution in [2.75, 3.05) is 32.1 Å². The first-order chi connectivity index (χ1) is 14.4. The number of nitro groups is 1. The monoisotopic (exact) mass is 429 g/mol. The van der Waals surface area contributed by atoms with E-state index >= 15 is 0 Å². The summed E-state index contributed by atoms with van der Waals surface area (Å²) in [5.74, 6) is -1.26. The number of nitrogens with zero attached hydrogens (tertiary/aromatic N) is 2. The molecular formula is C20H19N3O6S. The summed E-state index contributed by atoms with van der Waals surface area (Å²) in [6.45, 7) is -0.312. The van der Waals surface area contributed by atoms with E-state index in [1.54, 1.807) is 12.1 Å². The SMILES string of the molecule is COC(=O)C1=C(Nc2cc(Sc3ccccc3)ccc2[N+](=O)[O-])C(=O)N(CCO)C1. The molecule has 0 atom stereocenters. The summed E-state index contributed by atoms with van der Waals surface area (Å²) < 4.78 is 4.74. The number of rotatable bonds is 8. The molecular weight excluding hydrogens is 410 g/mol. The molecule has 2 N–H and O–H groups in total. The van der Waals surface area contributed by atoms with Gasteiger partial charge >= 0.3 is 5.97 Å². The zero-order valence-electron chi connectivity index (χ0n) is 16.0. The first-order valence-electron chi connectivity index (χ1n) is 8.94. The Morgan fingerprint density at radius 1 is 1.27 bits per heavy atom. The lowest BCUT2D eigenvalue weighted by Gasteiger charge is -2.15. The van der Waals surface area contributed by atoms with Crippen molar-refractivity contribution in [1.82, 2.24) is 4.90 Å². The largest absolute Gasteiger partial charge is 0.466 e. The van der Waals surface area contributed by atoms with Crippen molar-refractivity contribution in [1.29, 1.82) is 0 Å². The quantitative estimate of drug-likeness (QED) is 0.373. The van der Waals surface area contributed by atoms with E-state index in [1.807, 2.05) is 30.3 Å². The molecule has 0 saturated heterocycles. The van der Waals surface area contributed by atoms with Crippen LogP contribution in [0.15, 0.2) is 69.6 Å². The van der Waals surface area contributed by atoms with Gasteiger partial charge in [0.05, 0.1) is 30.8 Å². The maximum Gasteiger partial charge on any atom is 0.337 e. The van der Waals surface area contributed by atoms with Crippen molar-refractivity contribution in [2.24, 2.45) is 0 Å². The number of amides is 1. The fourth-order valence-corrected chi connectivity index (χ4v) is 3.82. The predicted molar refractivity (Wildman–Crippen MR) is 110 cm³/mol. The van der Waals surface area contributed by atoms with Gasteiger partial charge in [0.2, 0.25) is 0 Å². The molecule has 1 aliphatic rings. The molecule has 9 nitrogen and oxygen atoms in total. The van der Waals surface area contributed by atoms with E-state index in [1.165, 1.54) is 29.8 Å². The number of carbonyl (C=O) groups is 2. The number of aliphatic hydroxyl groups is 1. The van der Waals surface area contributed by atoms with Crippen molar-refractivity contribution < 1.29 is 24.4 Å². The summed E-state index contributed by atoms with van der Waals surface area (Å²) in [4.78, 5) is 38.7. The van der Waals surface area contributed by atoms with Crippen LogP contribution < -0.4 is 5.32 Å². The average molecular weight is 429 g/mol. The van der Waals surface area contributed by atoms with Crippen molar-refractivity contribution >= 4 is 35.0 Å². The van der Waals surface area contributed by atoms with Gasteiger partial charge < -0.3 is 20.1 Å². The van der Waals surface area contributed by atoms with E-state index in [-0.39, 0.29) is 42.3 Å². The van der Waals surface area contributed by atoms with Gasteiger partial charge in [-0.25, -0.2) is 4.79 Å². The Hall–Kier alpha value is -3.37. The Kier molecular flexibility index (Phi) is 6.70. The van der Waals surface area contributed by atoms with Crippen LogP contribution in [0.4, 0.5) is 11.4 Å². The fraction of sp³-hybridized carbons (Fsp3) is 0.200. The third-order valence-electron chi connectivity index (χ3n) is 4.36. The number of β-amino-alcohol motifs (C(OH)–C–C–N with tert-alkyl or cyclic N) is 1. The average Bonchev–Trinajstić information content (AvgIpc) is 3.04. The second kappa shape index (κ2) is 9.42. The summed E-state index contributed by atoms with van der Waals surface area (Å²) in [7, 11) is 1.19. The normalized spacial score (nSPS) is 13.5. The molecule has 0 unspecified atom stereocenters. The Morgan fingerprint density at radius 2 is 2.00 bits per heavy atom. The van der Waals surface area contributed by atoms with Gasteiger partial charge in [0, 0.05) is 22.4 Å². The zero-order valence-corrected chi connectivity index (χ0v) is 16.8. The fourth-order valence-electron chi connectivity index (χ4n) is 2.95. The topological polar surface area (TPSA) is 122 Å². The Bertz CT molecular complexity index is 1010. The smallest absolute Gasteiger partial charge is 0.337 e. The number of aliphatic hydroxyl groups excluding tert-OH is 1. The van der Waals surface area contributed by atoms with Crippen LogP contribution in [0.5, 0.6) is 0 Å². The van der Waals surface area contributed by atoms with Crippen LogP contribution in [-0.2, 0) is 14.3 Å². The minimum absolute atomic E-state index is 0.0243. The van der Waals surface area contributed by atoms with Crippen LogP contribution in [-0.4, -0.2) is 53.6 Å². The maximum absolute atomic E-state index is 12.7. The van der Waals surface area contributed by atoms with Crippen LogP contribution in [0.25, 0.3) is 0 Å². The van der Waals surface area contributed by atoms with Crippen LogP contribution >= 0.6 is 11.8 Å². The molecule has 1 heterocycles. The molecule has 0 spiro atoms. The number of hydrogen-bond acceptors (Lipinski definition) is 8. The lowest BCUT2D eigenvalue weighted by atomic mass is 10.2. The summed E-state index contributed by atoms with van der Waals surface area (Å²) >= 11 is 1.40. The van der Waals surface area contributed by atoms with Gasteiger partial charge in [-0.15, -0.1) is 0 Å². The van der Waals surface area contributed by atoms with Crippen LogP contribution in [0.2, 0.25) is 0 Å². The summed E-state index contributed by atoms with van der Waals surface area (Å²) in [5.41, 5.74) is -0.208. The van der Waals surface area contributed by atoms with Crippen LogP contribution in [0, 0.1) is 10.1 Å². The highest BCUT2D eigenvalue weighted by Gasteiger charge is 2.35. The number of nitrogens with one attached hydrogen (secondary N) is 1. The van der Waals surface area contributed by atoms with Crippen molar-refractivity contribution in [3.63, 3.8) is 0 Å². The highest BCUT2D eigenvalue weighted by Crippen LogP contribution is 2.35. The first kappa shape index (κ1) is 21.3. The number of esters is 1. The van der Waals surface area contributed by atoms with Crippen molar-refractivity contribution in [3.8, 4) is 0 Å². The minimum Gasteiger partial charge on any atom is -0.466 e. The van der Waals surface area contributed by atoms with E-state index in [2.05, 4.69) is 5.32 Å². The molecule has 0 aromatic heterocycles. The van der Waals surface area contributed by atoms with E-state index in [0.717, 1.165) is 4.90 Å². The highest BCUT2D eigenvalue weighted by molar-refractivity contribution is 7.99. The standard InChI is InChI=1S/C20H19N3O6S/c1-29-20(26)15-12-22(9-10-24)19(25)18(15)21-16-11-14(7-8-17(16)23(27)28)30-13-5-3-2-4-6-13/h2-8,11,21,24H,9-10,12H2,1H3. The molecule has 1 aliphatic heterocycles. The molecule has 0 aliphatic carbocycles. The van der Waals surface area contributed by atoms with E-state index in [9.17, 15) is 19.7 Å². The molecule has 0 saturated carbocycles. The van der Waals surface area contributed by atoms with E-state index in [0.29, 0.717) is 4.90 Å². The number of methoxy groups -OCH3 is 1. The van der Waals surface area contributed by atoms with Gasteiger partial charge in [-0.3, -0.25) is 14.9 Å². The number of ether oxygens (including phenoxy) is 1. The van der Waals surface area contributed by atoms with Crippen molar-refractivity contribution in [3.05, 3.63) is 69.9 Å². The molecule has 1 amide bonds. The molecule has 30 heavy (non-hydrogen) atoms. The predicted octanol–water partition coefficient (Wildman–Crippen LogP) is 2.42. The second-order valence-electron chi connectivity index (χ2n) is 6.27. The molecule has 156 valence electrons.